The molecule has 29 heavy (non-hydrogen) atoms. The molecule has 1 amide bonds. The summed E-state index contributed by atoms with van der Waals surface area (Å²) in [5.41, 5.74) is 3.22. The third-order valence-corrected chi connectivity index (χ3v) is 6.40. The Morgan fingerprint density at radius 1 is 1.10 bits per heavy atom. The molecule has 0 aliphatic carbocycles. The van der Waals surface area contributed by atoms with E-state index in [4.69, 9.17) is 5.14 Å². The maximum Gasteiger partial charge on any atom is 0.246 e. The molecule has 0 unspecified atom stereocenters. The van der Waals surface area contributed by atoms with Crippen LogP contribution in [0, 0.1) is 5.82 Å². The summed E-state index contributed by atoms with van der Waals surface area (Å²) in [4.78, 5) is 12.7. The SMILES string of the molecule is CN(O)C(=O)CCc1scc(-c2ccc(S(N)(=O)=O)cc2)c1-c1ccc(F)cc1. The zero-order chi connectivity index (χ0) is 21.2. The number of amides is 1. The highest BCUT2D eigenvalue weighted by Crippen LogP contribution is 2.40. The Labute approximate surface area is 172 Å². The first kappa shape index (κ1) is 21.1. The molecule has 0 fully saturated rings. The van der Waals surface area contributed by atoms with Crippen molar-refractivity contribution < 1.29 is 22.8 Å². The fourth-order valence-electron chi connectivity index (χ4n) is 2.93. The average molecular weight is 435 g/mol. The summed E-state index contributed by atoms with van der Waals surface area (Å²) < 4.78 is 36.4. The van der Waals surface area contributed by atoms with Gasteiger partial charge in [0.25, 0.3) is 0 Å². The van der Waals surface area contributed by atoms with Gasteiger partial charge in [-0.1, -0.05) is 24.3 Å². The molecule has 0 aliphatic heterocycles. The lowest BCUT2D eigenvalue weighted by atomic mass is 9.95. The molecule has 9 heteroatoms. The number of hydroxylamine groups is 2. The van der Waals surface area contributed by atoms with E-state index < -0.39 is 15.9 Å². The number of nitrogens with zero attached hydrogens (tertiary/aromatic N) is 1. The molecule has 6 nitrogen and oxygen atoms in total. The fraction of sp³-hybridized carbons (Fsp3) is 0.150. The predicted octanol–water partition coefficient (Wildman–Crippen LogP) is 3.65. The van der Waals surface area contributed by atoms with E-state index in [0.29, 0.717) is 11.5 Å². The highest BCUT2D eigenvalue weighted by molar-refractivity contribution is 7.89. The molecule has 3 N–H and O–H groups in total. The van der Waals surface area contributed by atoms with E-state index in [0.717, 1.165) is 27.1 Å². The lowest BCUT2D eigenvalue weighted by Crippen LogP contribution is -2.22. The van der Waals surface area contributed by atoms with Gasteiger partial charge in [0.05, 0.1) is 4.90 Å². The third-order valence-electron chi connectivity index (χ3n) is 4.42. The first-order valence-electron chi connectivity index (χ1n) is 8.62. The van der Waals surface area contributed by atoms with Gasteiger partial charge in [-0.25, -0.2) is 23.0 Å². The first-order valence-corrected chi connectivity index (χ1v) is 11.0. The van der Waals surface area contributed by atoms with Crippen LogP contribution in [0.1, 0.15) is 11.3 Å². The van der Waals surface area contributed by atoms with Crippen LogP contribution >= 0.6 is 11.3 Å². The molecule has 0 aliphatic rings. The van der Waals surface area contributed by atoms with Crippen LogP contribution in [-0.2, 0) is 21.2 Å². The van der Waals surface area contributed by atoms with Crippen molar-refractivity contribution in [1.82, 2.24) is 5.06 Å². The zero-order valence-electron chi connectivity index (χ0n) is 15.5. The number of hydrogen-bond donors (Lipinski definition) is 2. The van der Waals surface area contributed by atoms with Crippen LogP contribution in [0.3, 0.4) is 0 Å². The van der Waals surface area contributed by atoms with E-state index in [9.17, 15) is 22.8 Å². The number of thiophene rings is 1. The molecule has 1 aromatic heterocycles. The molecule has 152 valence electrons. The minimum Gasteiger partial charge on any atom is -0.286 e. The van der Waals surface area contributed by atoms with Gasteiger partial charge < -0.3 is 0 Å². The van der Waals surface area contributed by atoms with Gasteiger partial charge in [0.2, 0.25) is 15.9 Å². The van der Waals surface area contributed by atoms with Gasteiger partial charge in [0, 0.05) is 29.5 Å². The van der Waals surface area contributed by atoms with E-state index in [1.807, 2.05) is 5.38 Å². The Hall–Kier alpha value is -2.59. The van der Waals surface area contributed by atoms with Gasteiger partial charge in [-0.05, 0) is 47.2 Å². The van der Waals surface area contributed by atoms with E-state index >= 15 is 0 Å². The van der Waals surface area contributed by atoms with Crippen molar-refractivity contribution in [1.29, 1.82) is 0 Å². The molecule has 0 saturated carbocycles. The van der Waals surface area contributed by atoms with Crippen molar-refractivity contribution in [3.8, 4) is 22.3 Å². The molecule has 3 rings (SSSR count). The standard InChI is InChI=1S/C20H19FN2O4S2/c1-23(25)19(24)11-10-18-20(14-2-6-15(21)7-3-14)17(12-28-18)13-4-8-16(9-5-13)29(22,26)27/h2-9,12,25H,10-11H2,1H3,(H2,22,26,27). The molecule has 3 aromatic rings. The number of sulfonamides is 1. The number of aryl methyl sites for hydroxylation is 1. The second-order valence-corrected chi connectivity index (χ2v) is 8.97. The van der Waals surface area contributed by atoms with Crippen LogP contribution in [0.5, 0.6) is 0 Å². The number of halogens is 1. The smallest absolute Gasteiger partial charge is 0.246 e. The second kappa shape index (κ2) is 8.42. The van der Waals surface area contributed by atoms with E-state index in [-0.39, 0.29) is 17.1 Å². The predicted molar refractivity (Wildman–Crippen MR) is 109 cm³/mol. The van der Waals surface area contributed by atoms with Crippen molar-refractivity contribution >= 4 is 27.3 Å². The third kappa shape index (κ3) is 4.88. The number of hydrogen-bond acceptors (Lipinski definition) is 5. The summed E-state index contributed by atoms with van der Waals surface area (Å²) in [5.74, 6) is -0.774. The topological polar surface area (TPSA) is 101 Å². The Kier molecular flexibility index (Phi) is 6.13. The van der Waals surface area contributed by atoms with Gasteiger partial charge in [0.15, 0.2) is 0 Å². The van der Waals surface area contributed by atoms with Crippen LogP contribution in [0.4, 0.5) is 4.39 Å². The minimum atomic E-state index is -3.79. The molecule has 0 bridgehead atoms. The van der Waals surface area contributed by atoms with Gasteiger partial charge in [-0.3, -0.25) is 10.0 Å². The minimum absolute atomic E-state index is 0.0108. The molecular formula is C20H19FN2O4S2. The van der Waals surface area contributed by atoms with Crippen molar-refractivity contribution in [2.24, 2.45) is 5.14 Å². The number of primary sulfonamides is 1. The summed E-state index contributed by atoms with van der Waals surface area (Å²) in [5, 5.41) is 16.9. The van der Waals surface area contributed by atoms with Crippen molar-refractivity contribution in [3.05, 3.63) is 64.6 Å². The molecular weight excluding hydrogens is 415 g/mol. The highest BCUT2D eigenvalue weighted by Gasteiger charge is 2.18. The summed E-state index contributed by atoms with van der Waals surface area (Å²) in [7, 11) is -2.52. The van der Waals surface area contributed by atoms with E-state index in [1.54, 1.807) is 24.3 Å². The Balaban J connectivity index is 2.05. The van der Waals surface area contributed by atoms with Crippen LogP contribution < -0.4 is 5.14 Å². The number of benzene rings is 2. The molecule has 0 radical (unpaired) electrons. The van der Waals surface area contributed by atoms with Crippen molar-refractivity contribution in [2.45, 2.75) is 17.7 Å². The molecule has 1 heterocycles. The number of carbonyl (C=O) groups excluding carboxylic acids is 1. The normalized spacial score (nSPS) is 11.4. The lowest BCUT2D eigenvalue weighted by Gasteiger charge is -2.11. The number of carbonyl (C=O) groups is 1. The molecule has 0 saturated heterocycles. The van der Waals surface area contributed by atoms with Gasteiger partial charge in [-0.15, -0.1) is 11.3 Å². The van der Waals surface area contributed by atoms with Crippen molar-refractivity contribution in [3.63, 3.8) is 0 Å². The van der Waals surface area contributed by atoms with E-state index in [1.165, 1.54) is 42.6 Å². The van der Waals surface area contributed by atoms with E-state index in [2.05, 4.69) is 0 Å². The average Bonchev–Trinajstić information content (AvgIpc) is 3.10. The van der Waals surface area contributed by atoms with Crippen LogP contribution in [0.2, 0.25) is 0 Å². The maximum atomic E-state index is 13.4. The summed E-state index contributed by atoms with van der Waals surface area (Å²) in [6.45, 7) is 0. The lowest BCUT2D eigenvalue weighted by molar-refractivity contribution is -0.159. The zero-order valence-corrected chi connectivity index (χ0v) is 17.1. The molecule has 0 atom stereocenters. The second-order valence-electron chi connectivity index (χ2n) is 6.44. The van der Waals surface area contributed by atoms with Gasteiger partial charge >= 0.3 is 0 Å². The molecule has 2 aromatic carbocycles. The summed E-state index contributed by atoms with van der Waals surface area (Å²) in [6, 6.07) is 12.2. The van der Waals surface area contributed by atoms with Crippen molar-refractivity contribution in [2.75, 3.05) is 7.05 Å². The summed E-state index contributed by atoms with van der Waals surface area (Å²) in [6.07, 6.45) is 0.516. The molecule has 0 spiro atoms. The quantitative estimate of drug-likeness (QED) is 0.457. The van der Waals surface area contributed by atoms with Crippen LogP contribution in [0.25, 0.3) is 22.3 Å². The van der Waals surface area contributed by atoms with Crippen LogP contribution in [-0.4, -0.2) is 31.6 Å². The van der Waals surface area contributed by atoms with Crippen LogP contribution in [0.15, 0.2) is 58.8 Å². The Morgan fingerprint density at radius 2 is 1.69 bits per heavy atom. The number of rotatable bonds is 6. The first-order chi connectivity index (χ1) is 13.7. The Morgan fingerprint density at radius 3 is 2.24 bits per heavy atom. The summed E-state index contributed by atoms with van der Waals surface area (Å²) >= 11 is 1.44. The number of nitrogens with two attached hydrogens (primary N) is 1. The monoisotopic (exact) mass is 434 g/mol. The maximum absolute atomic E-state index is 13.4. The highest BCUT2D eigenvalue weighted by atomic mass is 32.2. The Bertz CT molecular complexity index is 1120. The fourth-order valence-corrected chi connectivity index (χ4v) is 4.53. The largest absolute Gasteiger partial charge is 0.286 e. The van der Waals surface area contributed by atoms with Gasteiger partial charge in [0.1, 0.15) is 5.82 Å². The van der Waals surface area contributed by atoms with Gasteiger partial charge in [-0.2, -0.15) is 0 Å².